The van der Waals surface area contributed by atoms with Crippen molar-refractivity contribution in [2.45, 2.75) is 19.4 Å². The third-order valence-corrected chi connectivity index (χ3v) is 3.47. The summed E-state index contributed by atoms with van der Waals surface area (Å²) in [5.74, 6) is -0.835. The van der Waals surface area contributed by atoms with E-state index in [9.17, 15) is 14.7 Å². The second kappa shape index (κ2) is 5.01. The van der Waals surface area contributed by atoms with Gasteiger partial charge in [-0.15, -0.1) is 0 Å². The molecule has 1 heterocycles. The van der Waals surface area contributed by atoms with E-state index >= 15 is 0 Å². The van der Waals surface area contributed by atoms with E-state index < -0.39 is 18.1 Å². The molecule has 0 aromatic heterocycles. The molecule has 1 amide bonds. The number of aliphatic hydroxyl groups excluding tert-OH is 1. The number of rotatable bonds is 4. The molecule has 1 N–H and O–H groups in total. The largest absolute Gasteiger partial charge is 0.464 e. The molecule has 0 aliphatic carbocycles. The number of esters is 1. The molecule has 0 saturated heterocycles. The maximum absolute atomic E-state index is 12.3. The van der Waals surface area contributed by atoms with Crippen molar-refractivity contribution in [1.29, 1.82) is 0 Å². The van der Waals surface area contributed by atoms with Crippen LogP contribution >= 0.6 is 0 Å². The van der Waals surface area contributed by atoms with E-state index in [4.69, 9.17) is 4.74 Å². The third-order valence-electron chi connectivity index (χ3n) is 3.47. The fourth-order valence-electron chi connectivity index (χ4n) is 2.61. The first kappa shape index (κ1) is 13.5. The normalized spacial score (nSPS) is 21.4. The molecule has 2 rings (SSSR count). The molecule has 1 unspecified atom stereocenters. The van der Waals surface area contributed by atoms with Crippen LogP contribution in [0.1, 0.15) is 29.8 Å². The number of likely N-dealkylation sites (N-methyl/N-ethyl adjacent to an activating group) is 1. The van der Waals surface area contributed by atoms with E-state index in [0.29, 0.717) is 17.7 Å². The molecule has 0 radical (unpaired) electrons. The zero-order chi connectivity index (χ0) is 14.0. The predicted molar refractivity (Wildman–Crippen MR) is 68.5 cm³/mol. The van der Waals surface area contributed by atoms with Gasteiger partial charge in [0.15, 0.2) is 5.54 Å². The van der Waals surface area contributed by atoms with Crippen LogP contribution in [0.15, 0.2) is 24.3 Å². The molecule has 1 atom stereocenters. The van der Waals surface area contributed by atoms with Crippen molar-refractivity contribution in [2.24, 2.45) is 0 Å². The number of hydrogen-bond acceptors (Lipinski definition) is 4. The number of hydrogen-bond donors (Lipinski definition) is 1. The second-order valence-electron chi connectivity index (χ2n) is 4.33. The lowest BCUT2D eigenvalue weighted by atomic mass is 9.90. The van der Waals surface area contributed by atoms with Gasteiger partial charge in [0, 0.05) is 17.7 Å². The highest BCUT2D eigenvalue weighted by molar-refractivity contribution is 6.06. The molecule has 1 aliphatic heterocycles. The van der Waals surface area contributed by atoms with Crippen LogP contribution in [0.5, 0.6) is 0 Å². The van der Waals surface area contributed by atoms with Crippen molar-refractivity contribution in [3.63, 3.8) is 0 Å². The van der Waals surface area contributed by atoms with Gasteiger partial charge in [0.25, 0.3) is 5.91 Å². The maximum atomic E-state index is 12.3. The van der Waals surface area contributed by atoms with E-state index in [2.05, 4.69) is 0 Å². The van der Waals surface area contributed by atoms with Crippen LogP contribution in [0.2, 0.25) is 0 Å². The van der Waals surface area contributed by atoms with Crippen LogP contribution in [-0.2, 0) is 15.1 Å². The van der Waals surface area contributed by atoms with E-state index in [1.165, 1.54) is 4.90 Å². The molecule has 0 spiro atoms. The molecule has 1 aliphatic rings. The smallest absolute Gasteiger partial charge is 0.339 e. The minimum Gasteiger partial charge on any atom is -0.464 e. The van der Waals surface area contributed by atoms with Crippen LogP contribution in [0.3, 0.4) is 0 Å². The molecule has 0 fully saturated rings. The van der Waals surface area contributed by atoms with Gasteiger partial charge >= 0.3 is 5.97 Å². The Morgan fingerprint density at radius 1 is 1.37 bits per heavy atom. The summed E-state index contributed by atoms with van der Waals surface area (Å²) in [6.45, 7) is 3.51. The zero-order valence-corrected chi connectivity index (χ0v) is 11.0. The van der Waals surface area contributed by atoms with Crippen molar-refractivity contribution in [1.82, 2.24) is 4.90 Å². The Morgan fingerprint density at radius 2 is 2.05 bits per heavy atom. The molecule has 102 valence electrons. The second-order valence-corrected chi connectivity index (χ2v) is 4.33. The van der Waals surface area contributed by atoms with Gasteiger partial charge < -0.3 is 14.7 Å². The van der Waals surface area contributed by atoms with Gasteiger partial charge in [-0.3, -0.25) is 4.79 Å². The van der Waals surface area contributed by atoms with Crippen molar-refractivity contribution in [3.8, 4) is 0 Å². The van der Waals surface area contributed by atoms with Gasteiger partial charge in [0.1, 0.15) is 0 Å². The summed E-state index contributed by atoms with van der Waals surface area (Å²) >= 11 is 0. The Morgan fingerprint density at radius 3 is 2.63 bits per heavy atom. The number of benzene rings is 1. The summed E-state index contributed by atoms with van der Waals surface area (Å²) in [5.41, 5.74) is -0.437. The molecule has 5 nitrogen and oxygen atoms in total. The molecular weight excluding hydrogens is 246 g/mol. The Kier molecular flexibility index (Phi) is 3.57. The molecule has 0 bridgehead atoms. The van der Waals surface area contributed by atoms with Gasteiger partial charge in [0.2, 0.25) is 0 Å². The quantitative estimate of drug-likeness (QED) is 0.820. The average Bonchev–Trinajstić information content (AvgIpc) is 2.69. The van der Waals surface area contributed by atoms with Crippen LogP contribution in [0.25, 0.3) is 0 Å². The Bertz CT molecular complexity index is 514. The third kappa shape index (κ3) is 1.73. The lowest BCUT2D eigenvalue weighted by molar-refractivity contribution is -0.159. The number of amides is 1. The number of fused-ring (bicyclic) bond motifs is 1. The van der Waals surface area contributed by atoms with Gasteiger partial charge in [-0.2, -0.15) is 0 Å². The van der Waals surface area contributed by atoms with E-state index in [-0.39, 0.29) is 12.5 Å². The summed E-state index contributed by atoms with van der Waals surface area (Å²) in [6, 6.07) is 6.84. The summed E-state index contributed by atoms with van der Waals surface area (Å²) < 4.78 is 5.06. The first-order chi connectivity index (χ1) is 9.13. The number of ether oxygens (including phenoxy) is 1. The summed E-state index contributed by atoms with van der Waals surface area (Å²) in [6.07, 6.45) is 0. The minimum absolute atomic E-state index is 0.203. The first-order valence-electron chi connectivity index (χ1n) is 6.33. The summed E-state index contributed by atoms with van der Waals surface area (Å²) in [5, 5.41) is 9.78. The number of aliphatic hydroxyl groups is 1. The van der Waals surface area contributed by atoms with E-state index in [0.717, 1.165) is 0 Å². The Balaban J connectivity index is 2.63. The highest BCUT2D eigenvalue weighted by atomic mass is 16.5. The number of carbonyl (C=O) groups is 2. The first-order valence-corrected chi connectivity index (χ1v) is 6.33. The molecular formula is C14H17NO4. The van der Waals surface area contributed by atoms with Crippen LogP contribution < -0.4 is 0 Å². The van der Waals surface area contributed by atoms with Crippen molar-refractivity contribution in [2.75, 3.05) is 19.8 Å². The molecule has 5 heteroatoms. The fraction of sp³-hybridized carbons (Fsp3) is 0.429. The average molecular weight is 263 g/mol. The zero-order valence-electron chi connectivity index (χ0n) is 11.0. The topological polar surface area (TPSA) is 66.8 Å². The van der Waals surface area contributed by atoms with E-state index in [1.54, 1.807) is 38.1 Å². The molecule has 1 aromatic carbocycles. The van der Waals surface area contributed by atoms with Crippen LogP contribution in [-0.4, -0.2) is 41.6 Å². The van der Waals surface area contributed by atoms with E-state index in [1.807, 2.05) is 0 Å². The van der Waals surface area contributed by atoms with Gasteiger partial charge in [-0.05, 0) is 19.9 Å². The van der Waals surface area contributed by atoms with Gasteiger partial charge in [-0.1, -0.05) is 18.2 Å². The standard InChI is InChI=1S/C14H17NO4/c1-3-15-12(17)10-7-5-6-8-11(10)14(15,9-16)13(18)19-4-2/h5-8,16H,3-4,9H2,1-2H3. The van der Waals surface area contributed by atoms with Crippen LogP contribution in [0.4, 0.5) is 0 Å². The lowest BCUT2D eigenvalue weighted by Crippen LogP contribution is -2.53. The van der Waals surface area contributed by atoms with Crippen molar-refractivity contribution in [3.05, 3.63) is 35.4 Å². The Hall–Kier alpha value is -1.88. The highest BCUT2D eigenvalue weighted by Crippen LogP contribution is 2.39. The van der Waals surface area contributed by atoms with Gasteiger partial charge in [0.05, 0.1) is 13.2 Å². The maximum Gasteiger partial charge on any atom is 0.339 e. The van der Waals surface area contributed by atoms with Gasteiger partial charge in [-0.25, -0.2) is 4.79 Å². The fourth-order valence-corrected chi connectivity index (χ4v) is 2.61. The lowest BCUT2D eigenvalue weighted by Gasteiger charge is -2.34. The summed E-state index contributed by atoms with van der Waals surface area (Å²) in [4.78, 5) is 26.0. The molecule has 1 aromatic rings. The van der Waals surface area contributed by atoms with Crippen LogP contribution in [0, 0.1) is 0 Å². The van der Waals surface area contributed by atoms with Crippen molar-refractivity contribution >= 4 is 11.9 Å². The monoisotopic (exact) mass is 263 g/mol. The van der Waals surface area contributed by atoms with Crippen molar-refractivity contribution < 1.29 is 19.4 Å². The Labute approximate surface area is 111 Å². The minimum atomic E-state index is -1.40. The summed E-state index contributed by atoms with van der Waals surface area (Å²) in [7, 11) is 0. The molecule has 0 saturated carbocycles. The SMILES string of the molecule is CCOC(=O)C1(CO)c2ccccc2C(=O)N1CC. The molecule has 19 heavy (non-hydrogen) atoms. The number of nitrogens with zero attached hydrogens (tertiary/aromatic N) is 1. The predicted octanol–water partition coefficient (Wildman–Crippen LogP) is 0.913. The highest BCUT2D eigenvalue weighted by Gasteiger charge is 2.55. The number of carbonyl (C=O) groups excluding carboxylic acids is 2.